The van der Waals surface area contributed by atoms with Crippen LogP contribution in [0.3, 0.4) is 0 Å². The van der Waals surface area contributed by atoms with Gasteiger partial charge in [0, 0.05) is 49.7 Å². The van der Waals surface area contributed by atoms with Gasteiger partial charge in [-0.25, -0.2) is 18.4 Å². The van der Waals surface area contributed by atoms with E-state index < -0.39 is 29.7 Å². The molecule has 1 saturated heterocycles. The molecule has 0 bridgehead atoms. The molecule has 2 heterocycles. The van der Waals surface area contributed by atoms with E-state index in [4.69, 9.17) is 4.74 Å². The van der Waals surface area contributed by atoms with Gasteiger partial charge < -0.3 is 20.3 Å². The van der Waals surface area contributed by atoms with Gasteiger partial charge in [-0.2, -0.15) is 0 Å². The summed E-state index contributed by atoms with van der Waals surface area (Å²) in [5.41, 5.74) is 2.44. The zero-order valence-corrected chi connectivity index (χ0v) is 20.1. The second-order valence-electron chi connectivity index (χ2n) is 8.68. The largest absolute Gasteiger partial charge is 0.463 e. The number of Topliss-reactive ketones (excluding diaryl/α,β-unsaturated/α-hetero) is 1. The fourth-order valence-electron chi connectivity index (χ4n) is 4.43. The van der Waals surface area contributed by atoms with Crippen LogP contribution < -0.4 is 15.5 Å². The molecule has 2 amide bonds. The number of esters is 1. The van der Waals surface area contributed by atoms with Gasteiger partial charge in [0.05, 0.1) is 18.2 Å². The van der Waals surface area contributed by atoms with Crippen LogP contribution in [0.5, 0.6) is 0 Å². The number of carbonyl (C=O) groups is 3. The summed E-state index contributed by atoms with van der Waals surface area (Å²) >= 11 is 0. The van der Waals surface area contributed by atoms with Gasteiger partial charge in [0.15, 0.2) is 17.4 Å². The molecule has 0 aromatic heterocycles. The molecule has 1 fully saturated rings. The number of benzene rings is 2. The van der Waals surface area contributed by atoms with Crippen LogP contribution in [0.25, 0.3) is 0 Å². The van der Waals surface area contributed by atoms with Crippen molar-refractivity contribution in [3.05, 3.63) is 76.5 Å². The van der Waals surface area contributed by atoms with Crippen molar-refractivity contribution in [3.8, 4) is 0 Å². The summed E-state index contributed by atoms with van der Waals surface area (Å²) in [6, 6.07) is 9.21. The summed E-state index contributed by atoms with van der Waals surface area (Å²) in [6.07, 6.45) is 0. The number of nitrogens with zero attached hydrogens (tertiary/aromatic N) is 2. The van der Waals surface area contributed by atoms with E-state index in [1.54, 1.807) is 6.92 Å². The van der Waals surface area contributed by atoms with E-state index in [2.05, 4.69) is 20.4 Å². The summed E-state index contributed by atoms with van der Waals surface area (Å²) in [5, 5.41) is 5.34. The minimum absolute atomic E-state index is 0.0164. The van der Waals surface area contributed by atoms with Crippen molar-refractivity contribution in [2.75, 3.05) is 44.2 Å². The van der Waals surface area contributed by atoms with Crippen molar-refractivity contribution in [1.82, 2.24) is 15.5 Å². The highest BCUT2D eigenvalue weighted by atomic mass is 19.2. The molecular weight excluding hydrogens is 470 g/mol. The monoisotopic (exact) mass is 498 g/mol. The van der Waals surface area contributed by atoms with E-state index in [9.17, 15) is 23.2 Å². The maximum Gasteiger partial charge on any atom is 0.338 e. The number of ether oxygens (including phenoxy) is 1. The van der Waals surface area contributed by atoms with Gasteiger partial charge in [0.25, 0.3) is 0 Å². The summed E-state index contributed by atoms with van der Waals surface area (Å²) in [6.45, 7) is 6.33. The Morgan fingerprint density at radius 2 is 1.72 bits per heavy atom. The van der Waals surface area contributed by atoms with E-state index in [-0.39, 0.29) is 30.1 Å². The number of halogens is 2. The maximum absolute atomic E-state index is 14.0. The van der Waals surface area contributed by atoms with Crippen LogP contribution in [0.2, 0.25) is 0 Å². The zero-order valence-electron chi connectivity index (χ0n) is 20.1. The molecule has 0 spiro atoms. The van der Waals surface area contributed by atoms with Gasteiger partial charge in [0.2, 0.25) is 0 Å². The molecule has 1 atom stereocenters. The first-order valence-electron chi connectivity index (χ1n) is 11.8. The smallest absolute Gasteiger partial charge is 0.338 e. The number of amides is 2. The van der Waals surface area contributed by atoms with Gasteiger partial charge in [-0.15, -0.1) is 0 Å². The molecule has 8 nitrogen and oxygen atoms in total. The van der Waals surface area contributed by atoms with Crippen LogP contribution in [0.1, 0.15) is 35.8 Å². The molecule has 190 valence electrons. The molecule has 2 aromatic carbocycles. The predicted molar refractivity (Wildman–Crippen MR) is 130 cm³/mol. The third kappa shape index (κ3) is 5.54. The van der Waals surface area contributed by atoms with E-state index in [0.717, 1.165) is 17.8 Å². The van der Waals surface area contributed by atoms with Crippen LogP contribution in [-0.2, 0) is 9.53 Å². The Hall–Kier alpha value is -3.79. The highest BCUT2D eigenvalue weighted by Gasteiger charge is 2.35. The molecule has 36 heavy (non-hydrogen) atoms. The van der Waals surface area contributed by atoms with Gasteiger partial charge >= 0.3 is 12.0 Å². The van der Waals surface area contributed by atoms with Crippen LogP contribution in [-0.4, -0.2) is 62.0 Å². The number of nitrogens with one attached hydrogen (secondary N) is 2. The number of hydrogen-bond donors (Lipinski definition) is 2. The number of rotatable bonds is 7. The minimum atomic E-state index is -1.07. The van der Waals surface area contributed by atoms with Gasteiger partial charge in [-0.3, -0.25) is 9.69 Å². The second-order valence-corrected chi connectivity index (χ2v) is 8.68. The number of ketones is 1. The predicted octanol–water partition coefficient (Wildman–Crippen LogP) is 3.16. The van der Waals surface area contributed by atoms with Crippen molar-refractivity contribution >= 4 is 23.5 Å². The molecule has 0 saturated carbocycles. The molecule has 0 aliphatic carbocycles. The third-order valence-electron chi connectivity index (χ3n) is 6.32. The quantitative estimate of drug-likeness (QED) is 0.450. The highest BCUT2D eigenvalue weighted by Crippen LogP contribution is 2.29. The van der Waals surface area contributed by atoms with Crippen molar-refractivity contribution in [2.24, 2.45) is 0 Å². The zero-order chi connectivity index (χ0) is 25.8. The lowest BCUT2D eigenvalue weighted by atomic mass is 9.94. The number of carbonyl (C=O) groups excluding carboxylic acids is 3. The normalized spacial score (nSPS) is 18.5. The Balaban J connectivity index is 1.54. The summed E-state index contributed by atoms with van der Waals surface area (Å²) in [4.78, 5) is 41.2. The van der Waals surface area contributed by atoms with E-state index in [1.165, 1.54) is 13.0 Å². The Morgan fingerprint density at radius 1 is 1.03 bits per heavy atom. The fourth-order valence-corrected chi connectivity index (χ4v) is 4.43. The van der Waals surface area contributed by atoms with Gasteiger partial charge in [-0.05, 0) is 55.8 Å². The Morgan fingerprint density at radius 3 is 2.33 bits per heavy atom. The summed E-state index contributed by atoms with van der Waals surface area (Å²) in [5.74, 6) is -2.71. The van der Waals surface area contributed by atoms with Crippen molar-refractivity contribution < 1.29 is 27.9 Å². The Labute approximate surface area is 207 Å². The SMILES string of the molecule is CCOC(=O)C1=C(CN2CCN(c3ccc(C(C)=O)cc3)CC2)NC(=O)N[C@H]1c1ccc(F)c(F)c1. The molecule has 2 aromatic rings. The van der Waals surface area contributed by atoms with Crippen LogP contribution >= 0.6 is 0 Å². The maximum atomic E-state index is 14.0. The first-order valence-corrected chi connectivity index (χ1v) is 11.8. The molecule has 10 heteroatoms. The number of urea groups is 1. The number of piperazine rings is 1. The molecule has 2 N–H and O–H groups in total. The lowest BCUT2D eigenvalue weighted by molar-refractivity contribution is -0.139. The highest BCUT2D eigenvalue weighted by molar-refractivity contribution is 5.95. The molecule has 2 aliphatic heterocycles. The first-order chi connectivity index (χ1) is 17.3. The first kappa shape index (κ1) is 25.3. The average Bonchev–Trinajstić information content (AvgIpc) is 2.86. The molecule has 2 aliphatic rings. The Bertz CT molecular complexity index is 1190. The fraction of sp³-hybridized carbons (Fsp3) is 0.346. The van der Waals surface area contributed by atoms with E-state index in [0.29, 0.717) is 37.4 Å². The minimum Gasteiger partial charge on any atom is -0.463 e. The second kappa shape index (κ2) is 10.9. The molecular formula is C26H28F2N4O4. The third-order valence-corrected chi connectivity index (χ3v) is 6.32. The van der Waals surface area contributed by atoms with E-state index >= 15 is 0 Å². The van der Waals surface area contributed by atoms with Crippen molar-refractivity contribution in [1.29, 1.82) is 0 Å². The topological polar surface area (TPSA) is 91.0 Å². The van der Waals surface area contributed by atoms with Crippen LogP contribution in [0.15, 0.2) is 53.7 Å². The number of hydrogen-bond acceptors (Lipinski definition) is 6. The standard InChI is InChI=1S/C26H28F2N4O4/c1-3-36-25(34)23-22(29-26(35)30-24(23)18-6-9-20(27)21(28)14-18)15-31-10-12-32(13-11-31)19-7-4-17(5-8-19)16(2)33/h4-9,14,24H,3,10-13,15H2,1-2H3,(H2,29,30,35)/t24-/m0/s1. The lowest BCUT2D eigenvalue weighted by Gasteiger charge is -2.38. The van der Waals surface area contributed by atoms with Gasteiger partial charge in [0.1, 0.15) is 0 Å². The van der Waals surface area contributed by atoms with Crippen molar-refractivity contribution in [3.63, 3.8) is 0 Å². The average molecular weight is 499 g/mol. The molecule has 0 radical (unpaired) electrons. The Kier molecular flexibility index (Phi) is 7.64. The van der Waals surface area contributed by atoms with Crippen LogP contribution in [0.4, 0.5) is 19.3 Å². The van der Waals surface area contributed by atoms with Gasteiger partial charge in [-0.1, -0.05) is 6.07 Å². The summed E-state index contributed by atoms with van der Waals surface area (Å²) < 4.78 is 32.7. The van der Waals surface area contributed by atoms with Crippen molar-refractivity contribution in [2.45, 2.75) is 19.9 Å². The lowest BCUT2D eigenvalue weighted by Crippen LogP contribution is -2.51. The number of anilines is 1. The van der Waals surface area contributed by atoms with Crippen LogP contribution in [0, 0.1) is 11.6 Å². The van der Waals surface area contributed by atoms with E-state index in [1.807, 2.05) is 24.3 Å². The molecule has 0 unspecified atom stereocenters. The molecule has 4 rings (SSSR count). The summed E-state index contributed by atoms with van der Waals surface area (Å²) in [7, 11) is 0.